The number of ether oxygens (including phenoxy) is 1. The molecule has 0 aromatic heterocycles. The summed E-state index contributed by atoms with van der Waals surface area (Å²) in [6, 6.07) is 13.9. The van der Waals surface area contributed by atoms with Gasteiger partial charge < -0.3 is 15.0 Å². The zero-order chi connectivity index (χ0) is 19.2. The summed E-state index contributed by atoms with van der Waals surface area (Å²) in [5, 5.41) is 4.22. The third kappa shape index (κ3) is 5.30. The van der Waals surface area contributed by atoms with Crippen LogP contribution in [0.4, 0.5) is 5.69 Å². The van der Waals surface area contributed by atoms with Crippen LogP contribution in [0.25, 0.3) is 0 Å². The fourth-order valence-electron chi connectivity index (χ4n) is 3.36. The topological polar surface area (TPSA) is 41.6 Å². The van der Waals surface area contributed by atoms with Gasteiger partial charge in [-0.15, -0.1) is 0 Å². The zero-order valence-electron chi connectivity index (χ0n) is 15.4. The van der Waals surface area contributed by atoms with Crippen molar-refractivity contribution < 1.29 is 9.53 Å². The maximum Gasteiger partial charge on any atom is 0.220 e. The third-order valence-electron chi connectivity index (χ3n) is 4.95. The number of amides is 1. The Bertz CT molecular complexity index is 772. The van der Waals surface area contributed by atoms with Crippen molar-refractivity contribution in [1.82, 2.24) is 5.32 Å². The Balaban J connectivity index is 1.44. The third-order valence-corrected chi connectivity index (χ3v) is 5.81. The van der Waals surface area contributed by atoms with E-state index in [1.54, 1.807) is 13.2 Å². The van der Waals surface area contributed by atoms with E-state index in [0.717, 1.165) is 37.2 Å². The van der Waals surface area contributed by atoms with E-state index in [2.05, 4.69) is 22.3 Å². The van der Waals surface area contributed by atoms with E-state index in [1.807, 2.05) is 24.3 Å². The first-order valence-electron chi connectivity index (χ1n) is 9.18. The SMILES string of the molecule is COc1ccc(N2CCC(NC(=O)CCc3cccc(Cl)c3Cl)CC2)cc1. The van der Waals surface area contributed by atoms with Crippen molar-refractivity contribution >= 4 is 34.8 Å². The lowest BCUT2D eigenvalue weighted by Crippen LogP contribution is -2.44. The molecule has 1 aliphatic rings. The highest BCUT2D eigenvalue weighted by Gasteiger charge is 2.21. The Labute approximate surface area is 170 Å². The minimum Gasteiger partial charge on any atom is -0.497 e. The monoisotopic (exact) mass is 406 g/mol. The van der Waals surface area contributed by atoms with Crippen LogP contribution in [0.2, 0.25) is 10.0 Å². The molecule has 1 saturated heterocycles. The Kier molecular flexibility index (Phi) is 6.86. The van der Waals surface area contributed by atoms with Crippen molar-refractivity contribution in [2.75, 3.05) is 25.1 Å². The van der Waals surface area contributed by atoms with Crippen LogP contribution in [0, 0.1) is 0 Å². The van der Waals surface area contributed by atoms with E-state index >= 15 is 0 Å². The van der Waals surface area contributed by atoms with Gasteiger partial charge in [-0.1, -0.05) is 35.3 Å². The number of nitrogens with zero attached hydrogens (tertiary/aromatic N) is 1. The molecule has 1 N–H and O–H groups in total. The molecule has 0 aliphatic carbocycles. The number of nitrogens with one attached hydrogen (secondary N) is 1. The van der Waals surface area contributed by atoms with E-state index in [4.69, 9.17) is 27.9 Å². The van der Waals surface area contributed by atoms with Crippen molar-refractivity contribution in [3.63, 3.8) is 0 Å². The summed E-state index contributed by atoms with van der Waals surface area (Å²) >= 11 is 12.2. The van der Waals surface area contributed by atoms with Crippen molar-refractivity contribution in [3.8, 4) is 5.75 Å². The molecule has 2 aromatic rings. The highest BCUT2D eigenvalue weighted by atomic mass is 35.5. The van der Waals surface area contributed by atoms with Gasteiger partial charge in [-0.05, 0) is 55.2 Å². The van der Waals surface area contributed by atoms with E-state index < -0.39 is 0 Å². The molecule has 0 radical (unpaired) electrons. The fraction of sp³-hybridized carbons (Fsp3) is 0.381. The predicted molar refractivity (Wildman–Crippen MR) is 111 cm³/mol. The fourth-order valence-corrected chi connectivity index (χ4v) is 3.78. The molecular weight excluding hydrogens is 383 g/mol. The van der Waals surface area contributed by atoms with Gasteiger partial charge in [-0.3, -0.25) is 4.79 Å². The Hall–Kier alpha value is -1.91. The van der Waals surface area contributed by atoms with Gasteiger partial charge >= 0.3 is 0 Å². The van der Waals surface area contributed by atoms with Crippen LogP contribution in [-0.4, -0.2) is 32.1 Å². The standard InChI is InChI=1S/C21H24Cl2N2O2/c1-27-18-8-6-17(7-9-18)25-13-11-16(12-14-25)24-20(26)10-5-15-3-2-4-19(22)21(15)23/h2-4,6-9,16H,5,10-14H2,1H3,(H,24,26). The van der Waals surface area contributed by atoms with Gasteiger partial charge in [-0.2, -0.15) is 0 Å². The summed E-state index contributed by atoms with van der Waals surface area (Å²) in [7, 11) is 1.67. The first kappa shape index (κ1) is 19.8. The number of methoxy groups -OCH3 is 1. The molecule has 144 valence electrons. The second-order valence-corrected chi connectivity index (χ2v) is 7.52. The number of carbonyl (C=O) groups is 1. The molecule has 1 fully saturated rings. The van der Waals surface area contributed by atoms with Crippen molar-refractivity contribution in [2.45, 2.75) is 31.7 Å². The normalized spacial score (nSPS) is 14.9. The molecule has 0 saturated carbocycles. The van der Waals surface area contributed by atoms with E-state index in [-0.39, 0.29) is 11.9 Å². The Morgan fingerprint density at radius 2 is 1.85 bits per heavy atom. The number of halogens is 2. The lowest BCUT2D eigenvalue weighted by molar-refractivity contribution is -0.121. The van der Waals surface area contributed by atoms with Gasteiger partial charge in [0.15, 0.2) is 0 Å². The van der Waals surface area contributed by atoms with Gasteiger partial charge in [0, 0.05) is 31.2 Å². The second-order valence-electron chi connectivity index (χ2n) is 6.74. The molecule has 0 unspecified atom stereocenters. The quantitative estimate of drug-likeness (QED) is 0.754. The molecule has 4 nitrogen and oxygen atoms in total. The molecular formula is C21H24Cl2N2O2. The number of benzene rings is 2. The highest BCUT2D eigenvalue weighted by molar-refractivity contribution is 6.42. The van der Waals surface area contributed by atoms with Gasteiger partial charge in [0.05, 0.1) is 17.2 Å². The van der Waals surface area contributed by atoms with Gasteiger partial charge in [0.25, 0.3) is 0 Å². The summed E-state index contributed by atoms with van der Waals surface area (Å²) in [6.45, 7) is 1.86. The predicted octanol–water partition coefficient (Wildman–Crippen LogP) is 4.72. The second kappa shape index (κ2) is 9.34. The molecule has 0 spiro atoms. The molecule has 2 aromatic carbocycles. The summed E-state index contributed by atoms with van der Waals surface area (Å²) < 4.78 is 5.20. The van der Waals surface area contributed by atoms with Crippen LogP contribution in [0.1, 0.15) is 24.8 Å². The Morgan fingerprint density at radius 3 is 2.52 bits per heavy atom. The summed E-state index contributed by atoms with van der Waals surface area (Å²) in [6.07, 6.45) is 2.89. The number of carbonyl (C=O) groups excluding carboxylic acids is 1. The average molecular weight is 407 g/mol. The number of anilines is 1. The van der Waals surface area contributed by atoms with Crippen molar-refractivity contribution in [1.29, 1.82) is 0 Å². The van der Waals surface area contributed by atoms with Gasteiger partial charge in [-0.25, -0.2) is 0 Å². The minimum absolute atomic E-state index is 0.0638. The molecule has 1 amide bonds. The van der Waals surface area contributed by atoms with Crippen LogP contribution < -0.4 is 15.0 Å². The average Bonchev–Trinajstić information content (AvgIpc) is 2.70. The molecule has 1 aliphatic heterocycles. The first-order chi connectivity index (χ1) is 13.1. The summed E-state index contributed by atoms with van der Waals surface area (Å²) in [5.74, 6) is 0.926. The Morgan fingerprint density at radius 1 is 1.15 bits per heavy atom. The van der Waals surface area contributed by atoms with E-state index in [0.29, 0.717) is 22.9 Å². The maximum atomic E-state index is 12.3. The van der Waals surface area contributed by atoms with Gasteiger partial charge in [0.1, 0.15) is 5.75 Å². The largest absolute Gasteiger partial charge is 0.497 e. The molecule has 27 heavy (non-hydrogen) atoms. The van der Waals surface area contributed by atoms with Crippen LogP contribution in [0.3, 0.4) is 0 Å². The number of rotatable bonds is 6. The van der Waals surface area contributed by atoms with Crippen LogP contribution in [0.15, 0.2) is 42.5 Å². The van der Waals surface area contributed by atoms with E-state index in [1.165, 1.54) is 5.69 Å². The molecule has 0 atom stereocenters. The summed E-state index contributed by atoms with van der Waals surface area (Å²) in [5.41, 5.74) is 2.10. The molecule has 1 heterocycles. The smallest absolute Gasteiger partial charge is 0.220 e. The first-order valence-corrected chi connectivity index (χ1v) is 9.93. The highest BCUT2D eigenvalue weighted by Crippen LogP contribution is 2.26. The minimum atomic E-state index is 0.0638. The number of aryl methyl sites for hydroxylation is 1. The van der Waals surface area contributed by atoms with Crippen molar-refractivity contribution in [3.05, 3.63) is 58.1 Å². The molecule has 6 heteroatoms. The number of piperidine rings is 1. The van der Waals surface area contributed by atoms with Crippen LogP contribution >= 0.6 is 23.2 Å². The molecule has 0 bridgehead atoms. The van der Waals surface area contributed by atoms with E-state index in [9.17, 15) is 4.79 Å². The number of hydrogen-bond acceptors (Lipinski definition) is 3. The summed E-state index contributed by atoms with van der Waals surface area (Å²) in [4.78, 5) is 14.6. The lowest BCUT2D eigenvalue weighted by Gasteiger charge is -2.34. The van der Waals surface area contributed by atoms with Crippen LogP contribution in [0.5, 0.6) is 5.75 Å². The number of hydrogen-bond donors (Lipinski definition) is 1. The lowest BCUT2D eigenvalue weighted by atomic mass is 10.0. The van der Waals surface area contributed by atoms with Gasteiger partial charge in [0.2, 0.25) is 5.91 Å². The van der Waals surface area contributed by atoms with Crippen LogP contribution in [-0.2, 0) is 11.2 Å². The molecule has 3 rings (SSSR count). The van der Waals surface area contributed by atoms with Crippen molar-refractivity contribution in [2.24, 2.45) is 0 Å². The maximum absolute atomic E-state index is 12.3. The zero-order valence-corrected chi connectivity index (χ0v) is 16.9.